The van der Waals surface area contributed by atoms with E-state index in [0.717, 1.165) is 0 Å². The van der Waals surface area contributed by atoms with Gasteiger partial charge in [-0.15, -0.1) is 0 Å². The number of fused-ring (bicyclic) bond motifs is 1. The second-order valence-corrected chi connectivity index (χ2v) is 3.51. The molecule has 0 fully saturated rings. The maximum Gasteiger partial charge on any atom is 0.171 e. The summed E-state index contributed by atoms with van der Waals surface area (Å²) in [5.74, 6) is -0.0301. The molecular weight excluding hydrogens is 209 g/mol. The minimum Gasteiger partial charge on any atom is -0.294 e. The van der Waals surface area contributed by atoms with Crippen LogP contribution in [0.4, 0.5) is 5.69 Å². The van der Waals surface area contributed by atoms with Crippen molar-refractivity contribution in [2.24, 2.45) is 4.99 Å². The second kappa shape index (κ2) is 3.13. The van der Waals surface area contributed by atoms with Crippen molar-refractivity contribution >= 4 is 40.9 Å². The first-order valence-corrected chi connectivity index (χ1v) is 4.49. The number of ketones is 1. The molecule has 13 heavy (non-hydrogen) atoms. The van der Waals surface area contributed by atoms with Crippen LogP contribution in [-0.2, 0) is 0 Å². The van der Waals surface area contributed by atoms with E-state index in [9.17, 15) is 4.79 Å². The van der Waals surface area contributed by atoms with Crippen molar-refractivity contribution in [1.82, 2.24) is 0 Å². The van der Waals surface area contributed by atoms with Gasteiger partial charge in [0.25, 0.3) is 0 Å². The summed E-state index contributed by atoms with van der Waals surface area (Å²) in [5.41, 5.74) is 0.932. The smallest absolute Gasteiger partial charge is 0.171 e. The maximum atomic E-state index is 11.4. The van der Waals surface area contributed by atoms with Gasteiger partial charge in [-0.25, -0.2) is 0 Å². The average molecular weight is 214 g/mol. The van der Waals surface area contributed by atoms with Crippen molar-refractivity contribution in [2.45, 2.75) is 6.42 Å². The highest BCUT2D eigenvalue weighted by Crippen LogP contribution is 2.36. The number of nitrogens with zero attached hydrogens (tertiary/aromatic N) is 1. The molecule has 1 aliphatic heterocycles. The molecule has 1 heterocycles. The van der Waals surface area contributed by atoms with Crippen molar-refractivity contribution in [3.8, 4) is 0 Å². The number of hydrogen-bond acceptors (Lipinski definition) is 2. The van der Waals surface area contributed by atoms with Crippen LogP contribution in [0.25, 0.3) is 0 Å². The molecular formula is C9H5Cl2NO. The fourth-order valence-electron chi connectivity index (χ4n) is 1.25. The molecule has 0 amide bonds. The number of carbonyl (C=O) groups excluding carboxylic acids is 1. The van der Waals surface area contributed by atoms with Crippen LogP contribution in [-0.4, -0.2) is 12.0 Å². The quantitative estimate of drug-likeness (QED) is 0.651. The van der Waals surface area contributed by atoms with Crippen LogP contribution in [0.5, 0.6) is 0 Å². The zero-order chi connectivity index (χ0) is 9.42. The Kier molecular flexibility index (Phi) is 2.10. The number of carbonyl (C=O) groups is 1. The van der Waals surface area contributed by atoms with Gasteiger partial charge in [0.15, 0.2) is 5.78 Å². The van der Waals surface area contributed by atoms with Crippen molar-refractivity contribution < 1.29 is 4.79 Å². The fourth-order valence-corrected chi connectivity index (χ4v) is 1.72. The Hall–Kier alpha value is -0.860. The molecule has 66 valence electrons. The average Bonchev–Trinajstić information content (AvgIpc) is 2.12. The van der Waals surface area contributed by atoms with Crippen LogP contribution in [0.2, 0.25) is 10.0 Å². The number of hydrogen-bond donors (Lipinski definition) is 0. The normalized spacial score (nSPS) is 14.5. The molecule has 0 N–H and O–H groups in total. The first-order valence-electron chi connectivity index (χ1n) is 3.74. The fraction of sp³-hybridized carbons (Fsp3) is 0.111. The zero-order valence-corrected chi connectivity index (χ0v) is 8.06. The van der Waals surface area contributed by atoms with E-state index in [2.05, 4.69) is 4.99 Å². The number of aliphatic imine (C=N–C) groups is 1. The van der Waals surface area contributed by atoms with Gasteiger partial charge >= 0.3 is 0 Å². The lowest BCUT2D eigenvalue weighted by atomic mass is 10.0. The first-order chi connectivity index (χ1) is 6.20. The van der Waals surface area contributed by atoms with Gasteiger partial charge in [0.2, 0.25) is 0 Å². The Morgan fingerprint density at radius 1 is 1.23 bits per heavy atom. The Balaban J connectivity index is 2.76. The van der Waals surface area contributed by atoms with E-state index in [1.807, 2.05) is 0 Å². The van der Waals surface area contributed by atoms with E-state index in [1.165, 1.54) is 0 Å². The highest BCUT2D eigenvalue weighted by atomic mass is 35.5. The second-order valence-electron chi connectivity index (χ2n) is 2.69. The molecule has 1 aromatic carbocycles. The van der Waals surface area contributed by atoms with Crippen LogP contribution in [0.1, 0.15) is 16.8 Å². The van der Waals surface area contributed by atoms with Crippen LogP contribution < -0.4 is 0 Å². The highest BCUT2D eigenvalue weighted by molar-refractivity contribution is 6.39. The Morgan fingerprint density at radius 3 is 2.62 bits per heavy atom. The third-order valence-electron chi connectivity index (χ3n) is 1.85. The monoisotopic (exact) mass is 213 g/mol. The van der Waals surface area contributed by atoms with Gasteiger partial charge < -0.3 is 0 Å². The summed E-state index contributed by atoms with van der Waals surface area (Å²) < 4.78 is 0. The van der Waals surface area contributed by atoms with E-state index in [1.54, 1.807) is 18.3 Å². The molecule has 0 aliphatic carbocycles. The molecule has 2 rings (SSSR count). The van der Waals surface area contributed by atoms with Crippen molar-refractivity contribution in [1.29, 1.82) is 0 Å². The van der Waals surface area contributed by atoms with Gasteiger partial charge in [0, 0.05) is 12.6 Å². The Bertz CT molecular complexity index is 412. The minimum atomic E-state index is -0.0301. The van der Waals surface area contributed by atoms with Crippen molar-refractivity contribution in [3.05, 3.63) is 27.7 Å². The van der Waals surface area contributed by atoms with Crippen LogP contribution in [0.3, 0.4) is 0 Å². The van der Waals surface area contributed by atoms with Gasteiger partial charge in [0.1, 0.15) is 0 Å². The first kappa shape index (κ1) is 8.73. The van der Waals surface area contributed by atoms with Crippen LogP contribution in [0.15, 0.2) is 17.1 Å². The summed E-state index contributed by atoms with van der Waals surface area (Å²) in [6, 6.07) is 3.25. The van der Waals surface area contributed by atoms with Gasteiger partial charge in [-0.05, 0) is 12.1 Å². The zero-order valence-electron chi connectivity index (χ0n) is 6.55. The Morgan fingerprint density at radius 2 is 1.92 bits per heavy atom. The molecule has 0 saturated heterocycles. The van der Waals surface area contributed by atoms with E-state index < -0.39 is 0 Å². The predicted molar refractivity (Wildman–Crippen MR) is 53.6 cm³/mol. The van der Waals surface area contributed by atoms with E-state index in [0.29, 0.717) is 27.7 Å². The lowest BCUT2D eigenvalue weighted by Crippen LogP contribution is -2.05. The summed E-state index contributed by atoms with van der Waals surface area (Å²) in [4.78, 5) is 15.5. The molecule has 0 radical (unpaired) electrons. The number of benzene rings is 1. The molecule has 0 atom stereocenters. The number of halogens is 2. The third kappa shape index (κ3) is 1.36. The summed E-state index contributed by atoms with van der Waals surface area (Å²) in [7, 11) is 0. The number of Topliss-reactive ketones (excluding diaryl/α,β-unsaturated/α-hetero) is 1. The van der Waals surface area contributed by atoms with Crippen LogP contribution in [0, 0.1) is 0 Å². The lowest BCUT2D eigenvalue weighted by molar-refractivity contribution is 0.100. The van der Waals surface area contributed by atoms with Gasteiger partial charge in [-0.1, -0.05) is 23.2 Å². The lowest BCUT2D eigenvalue weighted by Gasteiger charge is -2.11. The van der Waals surface area contributed by atoms with E-state index in [4.69, 9.17) is 23.2 Å². The summed E-state index contributed by atoms with van der Waals surface area (Å²) >= 11 is 11.7. The SMILES string of the molecule is O=C1CC=Nc2c(Cl)ccc(Cl)c21. The molecule has 4 heteroatoms. The van der Waals surface area contributed by atoms with Gasteiger partial charge in [0.05, 0.1) is 21.3 Å². The molecule has 1 aliphatic rings. The molecule has 0 spiro atoms. The number of rotatable bonds is 0. The third-order valence-corrected chi connectivity index (χ3v) is 2.47. The maximum absolute atomic E-state index is 11.4. The van der Waals surface area contributed by atoms with E-state index >= 15 is 0 Å². The Labute approximate surface area is 85.2 Å². The summed E-state index contributed by atoms with van der Waals surface area (Å²) in [5, 5.41) is 0.880. The largest absolute Gasteiger partial charge is 0.294 e. The molecule has 0 unspecified atom stereocenters. The standard InChI is InChI=1S/C9H5Cl2NO/c10-5-1-2-6(11)9-8(5)7(13)3-4-12-9/h1-2,4H,3H2. The molecule has 0 aromatic heterocycles. The summed E-state index contributed by atoms with van der Waals surface area (Å²) in [6.07, 6.45) is 1.85. The summed E-state index contributed by atoms with van der Waals surface area (Å²) in [6.45, 7) is 0. The van der Waals surface area contributed by atoms with E-state index in [-0.39, 0.29) is 5.78 Å². The van der Waals surface area contributed by atoms with Crippen molar-refractivity contribution in [3.63, 3.8) is 0 Å². The highest BCUT2D eigenvalue weighted by Gasteiger charge is 2.19. The topological polar surface area (TPSA) is 29.4 Å². The van der Waals surface area contributed by atoms with Gasteiger partial charge in [-0.2, -0.15) is 0 Å². The van der Waals surface area contributed by atoms with Gasteiger partial charge in [-0.3, -0.25) is 9.79 Å². The molecule has 1 aromatic rings. The van der Waals surface area contributed by atoms with Crippen molar-refractivity contribution in [2.75, 3.05) is 0 Å². The molecule has 2 nitrogen and oxygen atoms in total. The molecule has 0 bridgehead atoms. The van der Waals surface area contributed by atoms with Crippen LogP contribution >= 0.6 is 23.2 Å². The minimum absolute atomic E-state index is 0.0301. The molecule has 0 saturated carbocycles. The predicted octanol–water partition coefficient (Wildman–Crippen LogP) is 3.28.